The topological polar surface area (TPSA) is 110 Å². The summed E-state index contributed by atoms with van der Waals surface area (Å²) >= 11 is 0. The van der Waals surface area contributed by atoms with Crippen LogP contribution in [0.2, 0.25) is 0 Å². The van der Waals surface area contributed by atoms with Gasteiger partial charge in [-0.2, -0.15) is 10.5 Å². The van der Waals surface area contributed by atoms with Gasteiger partial charge in [-0.05, 0) is 48.0 Å². The Labute approximate surface area is 272 Å². The maximum absolute atomic E-state index is 14.4. The molecule has 3 fully saturated rings. The molecule has 9 nitrogen and oxygen atoms in total. The fourth-order valence-corrected chi connectivity index (χ4v) is 6.55. The summed E-state index contributed by atoms with van der Waals surface area (Å²) in [6.07, 6.45) is 2.79. The summed E-state index contributed by atoms with van der Waals surface area (Å²) in [4.78, 5) is 31.6. The van der Waals surface area contributed by atoms with Crippen molar-refractivity contribution in [1.82, 2.24) is 14.7 Å². The lowest BCUT2D eigenvalue weighted by Crippen LogP contribution is -2.54. The third-order valence-corrected chi connectivity index (χ3v) is 9.39. The summed E-state index contributed by atoms with van der Waals surface area (Å²) < 4.78 is 40.8. The molecular formula is C36H35F2N5O4. The van der Waals surface area contributed by atoms with Gasteiger partial charge in [-0.3, -0.25) is 9.69 Å². The second-order valence-corrected chi connectivity index (χ2v) is 12.5. The van der Waals surface area contributed by atoms with E-state index in [9.17, 15) is 18.4 Å². The second-order valence-electron chi connectivity index (χ2n) is 12.5. The highest BCUT2D eigenvalue weighted by Gasteiger charge is 2.43. The minimum absolute atomic E-state index is 0.0191. The molecule has 6 rings (SSSR count). The number of halogens is 2. The highest BCUT2D eigenvalue weighted by Crippen LogP contribution is 2.35. The molecule has 0 saturated carbocycles. The molecule has 47 heavy (non-hydrogen) atoms. The van der Waals surface area contributed by atoms with Gasteiger partial charge in [-0.25, -0.2) is 13.6 Å². The van der Waals surface area contributed by atoms with Gasteiger partial charge in [-0.15, -0.1) is 0 Å². The van der Waals surface area contributed by atoms with Gasteiger partial charge in [0.1, 0.15) is 29.1 Å². The first-order chi connectivity index (χ1) is 22.7. The molecule has 11 heteroatoms. The SMILES string of the molecule is N#Cc1cccc(OC2CCN(C(=O)c3ccc(CN4CCC5(CCN(Cc6c(F)cc(C#N)cc6F)CC5)OC4=O)cc3)CC2)c1. The zero-order valence-corrected chi connectivity index (χ0v) is 26.0. The molecule has 0 aromatic heterocycles. The number of carbonyl (C=O) groups excluding carboxylic acids is 2. The Morgan fingerprint density at radius 2 is 1.53 bits per heavy atom. The van der Waals surface area contributed by atoms with Crippen molar-refractivity contribution in [3.05, 3.63) is 100 Å². The van der Waals surface area contributed by atoms with Crippen LogP contribution in [-0.2, 0) is 17.8 Å². The van der Waals surface area contributed by atoms with Crippen LogP contribution in [0.25, 0.3) is 0 Å². The van der Waals surface area contributed by atoms with Crippen LogP contribution >= 0.6 is 0 Å². The first kappa shape index (κ1) is 32.0. The van der Waals surface area contributed by atoms with E-state index in [0.717, 1.165) is 17.7 Å². The number of hydrogen-bond donors (Lipinski definition) is 0. The number of carbonyl (C=O) groups is 2. The molecule has 3 saturated heterocycles. The maximum Gasteiger partial charge on any atom is 0.410 e. The molecule has 242 valence electrons. The van der Waals surface area contributed by atoms with Crippen molar-refractivity contribution in [3.8, 4) is 17.9 Å². The molecule has 1 spiro atoms. The van der Waals surface area contributed by atoms with Gasteiger partial charge in [0.25, 0.3) is 5.91 Å². The van der Waals surface area contributed by atoms with Gasteiger partial charge in [0.15, 0.2) is 0 Å². The highest BCUT2D eigenvalue weighted by atomic mass is 19.1. The molecule has 3 aliphatic heterocycles. The van der Waals surface area contributed by atoms with E-state index in [1.807, 2.05) is 28.0 Å². The standard InChI is InChI=1S/C36H35F2N5O4/c37-32-19-27(22-40)20-33(38)31(32)24-41-15-10-36(11-16-41)12-17-43(35(45)47-36)23-25-4-6-28(7-5-25)34(44)42-13-8-29(9-14-42)46-30-3-1-2-26(18-30)21-39/h1-7,18-20,29H,8-17,23-24H2. The summed E-state index contributed by atoms with van der Waals surface area (Å²) in [6.45, 7) is 3.19. The fraction of sp³-hybridized carbons (Fsp3) is 0.389. The number of benzene rings is 3. The zero-order valence-electron chi connectivity index (χ0n) is 26.0. The monoisotopic (exact) mass is 639 g/mol. The second kappa shape index (κ2) is 13.8. The number of nitriles is 2. The third kappa shape index (κ3) is 7.37. The van der Waals surface area contributed by atoms with Crippen LogP contribution in [0, 0.1) is 34.3 Å². The maximum atomic E-state index is 14.4. The van der Waals surface area contributed by atoms with Gasteiger partial charge in [0, 0.05) is 89.0 Å². The average molecular weight is 640 g/mol. The minimum atomic E-state index is -0.731. The van der Waals surface area contributed by atoms with Crippen molar-refractivity contribution in [2.24, 2.45) is 0 Å². The quantitative estimate of drug-likeness (QED) is 0.323. The number of ether oxygens (including phenoxy) is 2. The Balaban J connectivity index is 0.957. The molecular weight excluding hydrogens is 604 g/mol. The summed E-state index contributed by atoms with van der Waals surface area (Å²) in [6, 6.07) is 20.4. The number of rotatable bonds is 7. The van der Waals surface area contributed by atoms with Crippen molar-refractivity contribution >= 4 is 12.0 Å². The minimum Gasteiger partial charge on any atom is -0.490 e. The molecule has 3 aromatic rings. The van der Waals surface area contributed by atoms with Crippen LogP contribution in [0.1, 0.15) is 64.7 Å². The van der Waals surface area contributed by atoms with Gasteiger partial charge in [-0.1, -0.05) is 18.2 Å². The number of nitrogens with zero attached hydrogens (tertiary/aromatic N) is 5. The van der Waals surface area contributed by atoms with E-state index in [-0.39, 0.29) is 29.7 Å². The van der Waals surface area contributed by atoms with Crippen molar-refractivity contribution in [2.75, 3.05) is 32.7 Å². The Morgan fingerprint density at radius 3 is 2.17 bits per heavy atom. The smallest absolute Gasteiger partial charge is 0.410 e. The van der Waals surface area contributed by atoms with Crippen LogP contribution in [-0.4, -0.2) is 71.1 Å². The number of piperidine rings is 2. The third-order valence-electron chi connectivity index (χ3n) is 9.39. The number of hydrogen-bond acceptors (Lipinski definition) is 7. The van der Waals surface area contributed by atoms with Crippen LogP contribution in [0.3, 0.4) is 0 Å². The van der Waals surface area contributed by atoms with Crippen LogP contribution in [0.15, 0.2) is 60.7 Å². The van der Waals surface area contributed by atoms with E-state index in [4.69, 9.17) is 20.0 Å². The Hall–Kier alpha value is -5.00. The molecule has 3 aromatic carbocycles. The molecule has 2 amide bonds. The van der Waals surface area contributed by atoms with E-state index >= 15 is 0 Å². The zero-order chi connectivity index (χ0) is 33.0. The summed E-state index contributed by atoms with van der Waals surface area (Å²) in [5, 5.41) is 18.0. The summed E-state index contributed by atoms with van der Waals surface area (Å²) in [5.41, 5.74) is 1.32. The summed E-state index contributed by atoms with van der Waals surface area (Å²) in [5.74, 6) is -0.845. The largest absolute Gasteiger partial charge is 0.490 e. The first-order valence-electron chi connectivity index (χ1n) is 15.9. The van der Waals surface area contributed by atoms with Gasteiger partial charge < -0.3 is 19.3 Å². The average Bonchev–Trinajstić information content (AvgIpc) is 3.09. The Morgan fingerprint density at radius 1 is 0.872 bits per heavy atom. The number of likely N-dealkylation sites (tertiary alicyclic amines) is 2. The van der Waals surface area contributed by atoms with E-state index in [1.54, 1.807) is 41.3 Å². The normalized spacial score (nSPS) is 18.3. The van der Waals surface area contributed by atoms with Gasteiger partial charge in [0.05, 0.1) is 23.3 Å². The van der Waals surface area contributed by atoms with Crippen molar-refractivity contribution in [3.63, 3.8) is 0 Å². The van der Waals surface area contributed by atoms with Crippen LogP contribution in [0.5, 0.6) is 5.75 Å². The number of amides is 2. The van der Waals surface area contributed by atoms with Gasteiger partial charge >= 0.3 is 6.09 Å². The Kier molecular flexibility index (Phi) is 9.37. The lowest BCUT2D eigenvalue weighted by Gasteiger charge is -2.46. The molecule has 3 heterocycles. The first-order valence-corrected chi connectivity index (χ1v) is 15.9. The molecule has 0 bridgehead atoms. The molecule has 0 aliphatic carbocycles. The predicted octanol–water partition coefficient (Wildman–Crippen LogP) is 5.77. The lowest BCUT2D eigenvalue weighted by atomic mass is 9.86. The molecule has 0 radical (unpaired) electrons. The van der Waals surface area contributed by atoms with Gasteiger partial charge in [0.2, 0.25) is 0 Å². The molecule has 0 unspecified atom stereocenters. The van der Waals surface area contributed by atoms with Crippen LogP contribution in [0.4, 0.5) is 13.6 Å². The highest BCUT2D eigenvalue weighted by molar-refractivity contribution is 5.94. The Bertz CT molecular complexity index is 1700. The molecule has 3 aliphatic rings. The van der Waals surface area contributed by atoms with Crippen molar-refractivity contribution < 1.29 is 27.8 Å². The lowest BCUT2D eigenvalue weighted by molar-refractivity contribution is -0.0833. The van der Waals surface area contributed by atoms with Crippen molar-refractivity contribution in [1.29, 1.82) is 10.5 Å². The van der Waals surface area contributed by atoms with Crippen LogP contribution < -0.4 is 4.74 Å². The molecule has 0 N–H and O–H groups in total. The van der Waals surface area contributed by atoms with Crippen molar-refractivity contribution in [2.45, 2.75) is 56.9 Å². The summed E-state index contributed by atoms with van der Waals surface area (Å²) in [7, 11) is 0. The fourth-order valence-electron chi connectivity index (χ4n) is 6.55. The predicted molar refractivity (Wildman–Crippen MR) is 167 cm³/mol. The van der Waals surface area contributed by atoms with E-state index < -0.39 is 23.3 Å². The molecule has 0 atom stereocenters. The van der Waals surface area contributed by atoms with E-state index in [2.05, 4.69) is 6.07 Å². The van der Waals surface area contributed by atoms with E-state index in [0.29, 0.717) is 88.2 Å². The van der Waals surface area contributed by atoms with E-state index in [1.165, 1.54) is 0 Å².